The minimum Gasteiger partial charge on any atom is -0.0651 e. The first-order valence-corrected chi connectivity index (χ1v) is 17.6. The molecule has 0 amide bonds. The Hall–Kier alpha value is -4.42. The van der Waals surface area contributed by atoms with Crippen LogP contribution >= 0.6 is 0 Å². The second-order valence-electron chi connectivity index (χ2n) is 16.0. The molecule has 1 unspecified atom stereocenters. The number of rotatable bonds is 4. The zero-order chi connectivity index (χ0) is 32.7. The van der Waals surface area contributed by atoms with E-state index in [9.17, 15) is 0 Å². The smallest absolute Gasteiger partial charge is 0.0311 e. The molecule has 0 N–H and O–H groups in total. The lowest BCUT2D eigenvalue weighted by atomic mass is 9.77. The number of benzene rings is 6. The maximum atomic E-state index is 2.58. The van der Waals surface area contributed by atoms with Crippen molar-refractivity contribution >= 4 is 27.6 Å². The van der Waals surface area contributed by atoms with Gasteiger partial charge in [0.25, 0.3) is 0 Å². The minimum atomic E-state index is 0.0496. The highest BCUT2D eigenvalue weighted by molar-refractivity contribution is 6.14. The molecule has 0 aliphatic heterocycles. The molecular formula is C47H46. The molecular weight excluding hydrogens is 565 g/mol. The van der Waals surface area contributed by atoms with Gasteiger partial charge in [0.15, 0.2) is 0 Å². The quantitative estimate of drug-likeness (QED) is 0.174. The summed E-state index contributed by atoms with van der Waals surface area (Å²) in [5.74, 6) is 0.263. The third-order valence-corrected chi connectivity index (χ3v) is 10.8. The van der Waals surface area contributed by atoms with E-state index in [0.717, 1.165) is 19.3 Å². The zero-order valence-electron chi connectivity index (χ0n) is 29.1. The molecule has 0 bridgehead atoms. The first kappa shape index (κ1) is 29.9. The van der Waals surface area contributed by atoms with Crippen LogP contribution in [-0.2, 0) is 17.3 Å². The van der Waals surface area contributed by atoms with Gasteiger partial charge in [0.1, 0.15) is 0 Å². The van der Waals surface area contributed by atoms with Gasteiger partial charge in [-0.3, -0.25) is 0 Å². The summed E-state index contributed by atoms with van der Waals surface area (Å²) in [7, 11) is 0. The van der Waals surface area contributed by atoms with Crippen molar-refractivity contribution in [2.75, 3.05) is 0 Å². The van der Waals surface area contributed by atoms with Gasteiger partial charge in [-0.25, -0.2) is 0 Å². The van der Waals surface area contributed by atoms with Crippen LogP contribution in [-0.4, -0.2) is 0 Å². The van der Waals surface area contributed by atoms with Gasteiger partial charge in [0.05, 0.1) is 0 Å². The van der Waals surface area contributed by atoms with Crippen LogP contribution in [0.2, 0.25) is 0 Å². The first-order valence-electron chi connectivity index (χ1n) is 17.6. The van der Waals surface area contributed by atoms with Gasteiger partial charge in [0, 0.05) is 5.92 Å². The number of hydrogen-bond acceptors (Lipinski definition) is 0. The normalized spacial score (nSPS) is 15.6. The van der Waals surface area contributed by atoms with E-state index in [0.29, 0.717) is 0 Å². The van der Waals surface area contributed by atoms with E-state index in [-0.39, 0.29) is 16.7 Å². The Morgan fingerprint density at radius 3 is 1.91 bits per heavy atom. The molecule has 6 aromatic rings. The van der Waals surface area contributed by atoms with E-state index in [4.69, 9.17) is 0 Å². The lowest BCUT2D eigenvalue weighted by molar-refractivity contribution is 0.588. The van der Waals surface area contributed by atoms with Crippen LogP contribution in [0.4, 0.5) is 0 Å². The Bertz CT molecular complexity index is 2190. The van der Waals surface area contributed by atoms with Crippen molar-refractivity contribution in [2.45, 2.75) is 84.5 Å². The van der Waals surface area contributed by atoms with Gasteiger partial charge < -0.3 is 0 Å². The third kappa shape index (κ3) is 4.88. The minimum absolute atomic E-state index is 0.0496. The van der Waals surface area contributed by atoms with Crippen molar-refractivity contribution in [3.05, 3.63) is 148 Å². The molecule has 0 fully saturated rings. The highest BCUT2D eigenvalue weighted by atomic mass is 14.4. The van der Waals surface area contributed by atoms with Crippen LogP contribution in [0.25, 0.3) is 49.9 Å². The molecule has 0 saturated heterocycles. The first-order chi connectivity index (χ1) is 22.5. The molecule has 2 aliphatic rings. The standard InChI is InChI=1S/C47H46/c1-8-14-32-25-40-37(19-13-20-38(40)45-35-17-11-9-15-29(35)23-30-16-10-12-18-36(30)45)44(32)43-28-34(47(5,6)7)27-42-39-26-33(46(2,3)4)22-21-31(39)24-41(42)43/h9-13,15-23,25-28,44H,8,14,24H2,1-7H3. The predicted octanol–water partition coefficient (Wildman–Crippen LogP) is 13.2. The fourth-order valence-corrected chi connectivity index (χ4v) is 8.32. The average molecular weight is 611 g/mol. The molecule has 8 rings (SSSR count). The van der Waals surface area contributed by atoms with Crippen LogP contribution in [0.15, 0.2) is 109 Å². The molecule has 0 radical (unpaired) electrons. The van der Waals surface area contributed by atoms with E-state index in [1.165, 1.54) is 82.7 Å². The van der Waals surface area contributed by atoms with Gasteiger partial charge in [-0.1, -0.05) is 164 Å². The van der Waals surface area contributed by atoms with E-state index in [1.54, 1.807) is 5.57 Å². The van der Waals surface area contributed by atoms with Gasteiger partial charge in [-0.05, 0) is 112 Å². The highest BCUT2D eigenvalue weighted by Crippen LogP contribution is 2.52. The molecule has 234 valence electrons. The van der Waals surface area contributed by atoms with Crippen molar-refractivity contribution in [3.63, 3.8) is 0 Å². The molecule has 0 heterocycles. The van der Waals surface area contributed by atoms with Crippen LogP contribution in [0, 0.1) is 0 Å². The molecule has 0 spiro atoms. The van der Waals surface area contributed by atoms with Crippen LogP contribution in [0.5, 0.6) is 0 Å². The number of allylic oxidation sites excluding steroid dienone is 1. The van der Waals surface area contributed by atoms with Crippen LogP contribution in [0.1, 0.15) is 106 Å². The highest BCUT2D eigenvalue weighted by Gasteiger charge is 2.35. The molecule has 1 atom stereocenters. The Balaban J connectivity index is 1.39. The topological polar surface area (TPSA) is 0 Å². The third-order valence-electron chi connectivity index (χ3n) is 10.8. The lowest BCUT2D eigenvalue weighted by Crippen LogP contribution is -2.14. The van der Waals surface area contributed by atoms with Gasteiger partial charge in [0.2, 0.25) is 0 Å². The fraction of sp³-hybridized carbons (Fsp3) is 0.277. The van der Waals surface area contributed by atoms with Crippen LogP contribution < -0.4 is 0 Å². The molecule has 47 heavy (non-hydrogen) atoms. The molecule has 0 nitrogen and oxygen atoms in total. The Morgan fingerprint density at radius 1 is 0.596 bits per heavy atom. The molecule has 0 aromatic heterocycles. The molecule has 0 saturated carbocycles. The average Bonchev–Trinajstić information content (AvgIpc) is 3.60. The Labute approximate surface area is 281 Å². The SMILES string of the molecule is CCCC1=Cc2c(-c3c4ccccc4cc4ccccc34)cccc2C1c1cc(C(C)(C)C)cc2c1Cc1ccc(C(C)(C)C)cc1-2. The predicted molar refractivity (Wildman–Crippen MR) is 204 cm³/mol. The summed E-state index contributed by atoms with van der Waals surface area (Å²) in [6, 6.07) is 39.7. The number of fused-ring (bicyclic) bond motifs is 6. The maximum absolute atomic E-state index is 2.58. The van der Waals surface area contributed by atoms with Gasteiger partial charge in [-0.15, -0.1) is 0 Å². The second kappa shape index (κ2) is 10.8. The Kier molecular flexibility index (Phi) is 6.89. The summed E-state index contributed by atoms with van der Waals surface area (Å²) < 4.78 is 0. The van der Waals surface area contributed by atoms with E-state index >= 15 is 0 Å². The summed E-state index contributed by atoms with van der Waals surface area (Å²) >= 11 is 0. The van der Waals surface area contributed by atoms with E-state index in [1.807, 2.05) is 0 Å². The summed E-state index contributed by atoms with van der Waals surface area (Å²) in [4.78, 5) is 0. The van der Waals surface area contributed by atoms with E-state index in [2.05, 4.69) is 158 Å². The maximum Gasteiger partial charge on any atom is 0.0311 e. The fourth-order valence-electron chi connectivity index (χ4n) is 8.32. The summed E-state index contributed by atoms with van der Waals surface area (Å²) in [6.07, 6.45) is 5.82. The number of hydrogen-bond donors (Lipinski definition) is 0. The van der Waals surface area contributed by atoms with Crippen molar-refractivity contribution in [1.29, 1.82) is 0 Å². The Morgan fingerprint density at radius 2 is 1.26 bits per heavy atom. The van der Waals surface area contributed by atoms with Gasteiger partial charge >= 0.3 is 0 Å². The summed E-state index contributed by atoms with van der Waals surface area (Å²) in [5, 5.41) is 5.26. The summed E-state index contributed by atoms with van der Waals surface area (Å²) in [6.45, 7) is 16.4. The summed E-state index contributed by atoms with van der Waals surface area (Å²) in [5.41, 5.74) is 17.5. The second-order valence-corrected chi connectivity index (χ2v) is 16.0. The van der Waals surface area contributed by atoms with Crippen molar-refractivity contribution in [3.8, 4) is 22.3 Å². The van der Waals surface area contributed by atoms with Crippen molar-refractivity contribution in [2.24, 2.45) is 0 Å². The molecule has 6 aromatic carbocycles. The lowest BCUT2D eigenvalue weighted by Gasteiger charge is -2.27. The molecule has 2 aliphatic carbocycles. The van der Waals surface area contributed by atoms with Gasteiger partial charge in [-0.2, -0.15) is 0 Å². The zero-order valence-corrected chi connectivity index (χ0v) is 29.1. The van der Waals surface area contributed by atoms with E-state index < -0.39 is 0 Å². The van der Waals surface area contributed by atoms with Crippen LogP contribution in [0.3, 0.4) is 0 Å². The van der Waals surface area contributed by atoms with Crippen molar-refractivity contribution < 1.29 is 0 Å². The van der Waals surface area contributed by atoms with Crippen molar-refractivity contribution in [1.82, 2.24) is 0 Å². The molecule has 0 heteroatoms. The largest absolute Gasteiger partial charge is 0.0651 e. The monoisotopic (exact) mass is 610 g/mol.